The number of halogens is 2. The third-order valence-electron chi connectivity index (χ3n) is 5.30. The second-order valence-electron chi connectivity index (χ2n) is 7.28. The zero-order chi connectivity index (χ0) is 20.8. The quantitative estimate of drug-likeness (QED) is 0.644. The summed E-state index contributed by atoms with van der Waals surface area (Å²) in [6, 6.07) is 9.42. The molecule has 1 atom stereocenters. The summed E-state index contributed by atoms with van der Waals surface area (Å²) in [6.45, 7) is 1.56. The molecule has 2 heterocycles. The van der Waals surface area contributed by atoms with Gasteiger partial charge in [0.05, 0.1) is 11.5 Å². The number of fused-ring (bicyclic) bond motifs is 1. The molecule has 1 saturated heterocycles. The first kappa shape index (κ1) is 19.6. The van der Waals surface area contributed by atoms with E-state index in [-0.39, 0.29) is 35.8 Å². The van der Waals surface area contributed by atoms with Crippen molar-refractivity contribution < 1.29 is 26.4 Å². The highest BCUT2D eigenvalue weighted by Gasteiger charge is 2.37. The zero-order valence-electron chi connectivity index (χ0n) is 15.7. The fraction of sp³-hybridized carbons (Fsp3) is 0.286. The van der Waals surface area contributed by atoms with Crippen molar-refractivity contribution in [3.8, 4) is 0 Å². The van der Waals surface area contributed by atoms with E-state index in [0.29, 0.717) is 16.5 Å². The van der Waals surface area contributed by atoms with Crippen LogP contribution in [0.2, 0.25) is 0 Å². The molecule has 0 saturated carbocycles. The van der Waals surface area contributed by atoms with Gasteiger partial charge in [-0.1, -0.05) is 18.2 Å². The Morgan fingerprint density at radius 2 is 1.97 bits per heavy atom. The molecule has 0 spiro atoms. The highest BCUT2D eigenvalue weighted by atomic mass is 32.2. The maximum Gasteiger partial charge on any atom is 0.290 e. The van der Waals surface area contributed by atoms with Crippen LogP contribution >= 0.6 is 0 Å². The lowest BCUT2D eigenvalue weighted by molar-refractivity contribution is 0.0647. The third kappa shape index (κ3) is 3.76. The molecule has 1 aliphatic heterocycles. The molecule has 0 N–H and O–H groups in total. The lowest BCUT2D eigenvalue weighted by Crippen LogP contribution is -2.41. The van der Waals surface area contributed by atoms with Gasteiger partial charge < -0.3 is 9.32 Å². The number of amides is 1. The molecule has 1 aliphatic rings. The monoisotopic (exact) mass is 419 g/mol. The molecule has 1 fully saturated rings. The van der Waals surface area contributed by atoms with Gasteiger partial charge >= 0.3 is 0 Å². The minimum Gasteiger partial charge on any atom is -0.451 e. The first-order valence-corrected chi connectivity index (χ1v) is 11.0. The Morgan fingerprint density at radius 3 is 2.66 bits per heavy atom. The number of furan rings is 1. The van der Waals surface area contributed by atoms with Gasteiger partial charge in [0, 0.05) is 29.1 Å². The predicted molar refractivity (Wildman–Crippen MR) is 104 cm³/mol. The summed E-state index contributed by atoms with van der Waals surface area (Å²) in [4.78, 5) is 14.7. The van der Waals surface area contributed by atoms with E-state index in [1.165, 1.54) is 29.2 Å². The van der Waals surface area contributed by atoms with Gasteiger partial charge in [0.1, 0.15) is 17.2 Å². The smallest absolute Gasteiger partial charge is 0.290 e. The van der Waals surface area contributed by atoms with E-state index in [0.717, 1.165) is 0 Å². The summed E-state index contributed by atoms with van der Waals surface area (Å²) < 4.78 is 57.5. The van der Waals surface area contributed by atoms with Crippen molar-refractivity contribution in [3.63, 3.8) is 0 Å². The van der Waals surface area contributed by atoms with E-state index in [1.54, 1.807) is 25.1 Å². The van der Waals surface area contributed by atoms with Crippen LogP contribution in [0.4, 0.5) is 8.78 Å². The van der Waals surface area contributed by atoms with E-state index in [2.05, 4.69) is 0 Å². The molecule has 0 unspecified atom stereocenters. The fourth-order valence-electron chi connectivity index (χ4n) is 3.73. The largest absolute Gasteiger partial charge is 0.451 e. The Hall–Kier alpha value is -2.74. The predicted octanol–water partition coefficient (Wildman–Crippen LogP) is 3.85. The van der Waals surface area contributed by atoms with Gasteiger partial charge in [-0.2, -0.15) is 0 Å². The second kappa shape index (κ2) is 7.26. The molecule has 0 radical (unpaired) electrons. The van der Waals surface area contributed by atoms with E-state index in [9.17, 15) is 22.0 Å². The average molecular weight is 419 g/mol. The summed E-state index contributed by atoms with van der Waals surface area (Å²) in [5.41, 5.74) is 1.10. The van der Waals surface area contributed by atoms with Gasteiger partial charge in [0.25, 0.3) is 5.91 Å². The van der Waals surface area contributed by atoms with Crippen molar-refractivity contribution in [1.82, 2.24) is 4.90 Å². The number of nitrogens with zero attached hydrogens (tertiary/aromatic N) is 1. The molecule has 0 aliphatic carbocycles. The van der Waals surface area contributed by atoms with Crippen LogP contribution in [-0.4, -0.2) is 36.8 Å². The summed E-state index contributed by atoms with van der Waals surface area (Å²) >= 11 is 0. The Labute approximate surface area is 166 Å². The average Bonchev–Trinajstić information content (AvgIpc) is 3.20. The Balaban J connectivity index is 1.75. The maximum atomic E-state index is 14.2. The van der Waals surface area contributed by atoms with Crippen LogP contribution in [0.1, 0.15) is 28.1 Å². The standard InChI is InChI=1S/C21H19F2NO4S/c1-13-17-10-15(22)6-7-19(17)28-20(13)21(25)24(16-8-9-29(26,27)12-16)11-14-4-2-3-5-18(14)23/h2-7,10,16H,8-9,11-12H2,1H3/t16-/m1/s1. The van der Waals surface area contributed by atoms with E-state index in [4.69, 9.17) is 4.42 Å². The molecule has 29 heavy (non-hydrogen) atoms. The topological polar surface area (TPSA) is 67.6 Å². The van der Waals surface area contributed by atoms with Gasteiger partial charge in [0.2, 0.25) is 0 Å². The van der Waals surface area contributed by atoms with Crippen LogP contribution in [0.5, 0.6) is 0 Å². The molecule has 1 aromatic heterocycles. The number of carbonyl (C=O) groups excluding carboxylic acids is 1. The van der Waals surface area contributed by atoms with Crippen LogP contribution in [0, 0.1) is 18.6 Å². The number of benzene rings is 2. The van der Waals surface area contributed by atoms with Gasteiger partial charge in [-0.15, -0.1) is 0 Å². The molecule has 3 aromatic rings. The summed E-state index contributed by atoms with van der Waals surface area (Å²) in [5.74, 6) is -1.67. The number of hydrogen-bond acceptors (Lipinski definition) is 4. The Morgan fingerprint density at radius 1 is 1.21 bits per heavy atom. The van der Waals surface area contributed by atoms with Crippen LogP contribution in [0.25, 0.3) is 11.0 Å². The number of rotatable bonds is 4. The molecular weight excluding hydrogens is 400 g/mol. The van der Waals surface area contributed by atoms with Crippen molar-refractivity contribution >= 4 is 26.7 Å². The first-order chi connectivity index (χ1) is 13.7. The van der Waals surface area contributed by atoms with Crippen LogP contribution < -0.4 is 0 Å². The molecule has 1 amide bonds. The highest BCUT2D eigenvalue weighted by molar-refractivity contribution is 7.91. The summed E-state index contributed by atoms with van der Waals surface area (Å²) in [7, 11) is -3.27. The van der Waals surface area contributed by atoms with Crippen LogP contribution in [0.3, 0.4) is 0 Å². The van der Waals surface area contributed by atoms with Crippen molar-refractivity contribution in [2.75, 3.05) is 11.5 Å². The zero-order valence-corrected chi connectivity index (χ0v) is 16.5. The van der Waals surface area contributed by atoms with Gasteiger partial charge in [-0.3, -0.25) is 4.79 Å². The normalized spacial score (nSPS) is 18.2. The van der Waals surface area contributed by atoms with Gasteiger partial charge in [0.15, 0.2) is 15.6 Å². The maximum absolute atomic E-state index is 14.2. The fourth-order valence-corrected chi connectivity index (χ4v) is 5.46. The van der Waals surface area contributed by atoms with Crippen molar-refractivity contribution in [3.05, 3.63) is 71.0 Å². The van der Waals surface area contributed by atoms with E-state index in [1.807, 2.05) is 0 Å². The Bertz CT molecular complexity index is 1200. The van der Waals surface area contributed by atoms with E-state index >= 15 is 0 Å². The molecule has 8 heteroatoms. The second-order valence-corrected chi connectivity index (χ2v) is 9.51. The molecule has 0 bridgehead atoms. The van der Waals surface area contributed by atoms with Gasteiger partial charge in [-0.05, 0) is 37.6 Å². The summed E-state index contributed by atoms with van der Waals surface area (Å²) in [5, 5.41) is 0.471. The van der Waals surface area contributed by atoms with Crippen molar-refractivity contribution in [1.29, 1.82) is 0 Å². The van der Waals surface area contributed by atoms with Gasteiger partial charge in [-0.25, -0.2) is 17.2 Å². The molecular formula is C21H19F2NO4S. The molecule has 5 nitrogen and oxygen atoms in total. The lowest BCUT2D eigenvalue weighted by atomic mass is 10.1. The van der Waals surface area contributed by atoms with Crippen LogP contribution in [0.15, 0.2) is 46.9 Å². The number of sulfone groups is 1. The molecule has 152 valence electrons. The first-order valence-electron chi connectivity index (χ1n) is 9.18. The third-order valence-corrected chi connectivity index (χ3v) is 7.05. The van der Waals surface area contributed by atoms with E-state index < -0.39 is 33.4 Å². The number of aryl methyl sites for hydroxylation is 1. The van der Waals surface area contributed by atoms with Crippen molar-refractivity contribution in [2.24, 2.45) is 0 Å². The minimum atomic E-state index is -3.27. The highest BCUT2D eigenvalue weighted by Crippen LogP contribution is 2.30. The molecule has 2 aromatic carbocycles. The summed E-state index contributed by atoms with van der Waals surface area (Å²) in [6.07, 6.45) is 0.274. The lowest BCUT2D eigenvalue weighted by Gasteiger charge is -2.28. The molecule has 4 rings (SSSR count). The minimum absolute atomic E-state index is 0.00578. The number of carbonyl (C=O) groups is 1. The number of hydrogen-bond donors (Lipinski definition) is 0. The SMILES string of the molecule is Cc1c(C(=O)N(Cc2ccccc2F)[C@@H]2CCS(=O)(=O)C2)oc2ccc(F)cc12. The van der Waals surface area contributed by atoms with Crippen LogP contribution in [-0.2, 0) is 16.4 Å². The van der Waals surface area contributed by atoms with Crippen molar-refractivity contribution in [2.45, 2.75) is 25.9 Å². The Kier molecular flexibility index (Phi) is 4.90.